The first-order chi connectivity index (χ1) is 9.08. The average molecular weight is 300 g/mol. The number of halogens is 6. The summed E-state index contributed by atoms with van der Waals surface area (Å²) in [5, 5.41) is 3.90. The predicted molar refractivity (Wildman–Crippen MR) is 59.0 cm³/mol. The Morgan fingerprint density at radius 2 is 1.75 bits per heavy atom. The fourth-order valence-corrected chi connectivity index (χ4v) is 1.25. The van der Waals surface area contributed by atoms with E-state index in [2.05, 4.69) is 5.32 Å². The third-order valence-electron chi connectivity index (χ3n) is 2.13. The molecule has 1 amide bonds. The number of nitrogens with one attached hydrogen (secondary N) is 2. The van der Waals surface area contributed by atoms with Gasteiger partial charge in [0.05, 0.1) is 12.1 Å². The van der Waals surface area contributed by atoms with E-state index in [9.17, 15) is 31.1 Å². The number of anilines is 1. The Morgan fingerprint density at radius 3 is 2.30 bits per heavy atom. The molecule has 2 N–H and O–H groups in total. The van der Waals surface area contributed by atoms with Gasteiger partial charge in [0.1, 0.15) is 6.54 Å². The molecule has 3 nitrogen and oxygen atoms in total. The maximum Gasteiger partial charge on any atom is 0.416 e. The van der Waals surface area contributed by atoms with Crippen molar-refractivity contribution in [3.63, 3.8) is 0 Å². The predicted octanol–water partition coefficient (Wildman–Crippen LogP) is 2.80. The van der Waals surface area contributed by atoms with Crippen LogP contribution in [0.25, 0.3) is 0 Å². The molecular formula is C11H10F6N2O. The van der Waals surface area contributed by atoms with Crippen molar-refractivity contribution in [2.45, 2.75) is 12.4 Å². The standard InChI is InChI=1S/C11H10F6N2O/c12-10(13,14)6-19-9(20)5-18-8-3-1-2-7(4-8)11(15,16)17/h1-4,18H,5-6H2,(H,19,20). The molecule has 0 heterocycles. The summed E-state index contributed by atoms with van der Waals surface area (Å²) in [5.74, 6) is -0.972. The molecule has 0 atom stereocenters. The van der Waals surface area contributed by atoms with Gasteiger partial charge in [-0.2, -0.15) is 26.3 Å². The van der Waals surface area contributed by atoms with Crippen LogP contribution in [-0.4, -0.2) is 25.2 Å². The molecule has 9 heteroatoms. The first kappa shape index (κ1) is 16.1. The summed E-state index contributed by atoms with van der Waals surface area (Å²) < 4.78 is 72.6. The van der Waals surface area contributed by atoms with E-state index in [0.717, 1.165) is 18.2 Å². The molecule has 1 aromatic rings. The number of carbonyl (C=O) groups is 1. The number of carbonyl (C=O) groups excluding carboxylic acids is 1. The maximum absolute atomic E-state index is 12.4. The second-order valence-corrected chi connectivity index (χ2v) is 3.82. The molecule has 0 aliphatic carbocycles. The van der Waals surface area contributed by atoms with Gasteiger partial charge < -0.3 is 10.6 Å². The summed E-state index contributed by atoms with van der Waals surface area (Å²) in [6.45, 7) is -2.05. The normalized spacial score (nSPS) is 12.1. The minimum Gasteiger partial charge on any atom is -0.376 e. The fourth-order valence-electron chi connectivity index (χ4n) is 1.25. The molecule has 0 spiro atoms. The highest BCUT2D eigenvalue weighted by atomic mass is 19.4. The van der Waals surface area contributed by atoms with Gasteiger partial charge in [0.15, 0.2) is 0 Å². The van der Waals surface area contributed by atoms with Crippen LogP contribution in [0, 0.1) is 0 Å². The van der Waals surface area contributed by atoms with Gasteiger partial charge in [0, 0.05) is 5.69 Å². The zero-order chi connectivity index (χ0) is 15.4. The van der Waals surface area contributed by atoms with Crippen LogP contribution in [0.2, 0.25) is 0 Å². The largest absolute Gasteiger partial charge is 0.416 e. The molecule has 1 rings (SSSR count). The number of benzene rings is 1. The number of hydrogen-bond donors (Lipinski definition) is 2. The van der Waals surface area contributed by atoms with Gasteiger partial charge in [-0.3, -0.25) is 4.79 Å². The molecule has 0 aliphatic rings. The van der Waals surface area contributed by atoms with E-state index in [1.165, 1.54) is 6.07 Å². The number of amides is 1. The monoisotopic (exact) mass is 300 g/mol. The lowest BCUT2D eigenvalue weighted by Gasteiger charge is -2.11. The van der Waals surface area contributed by atoms with Gasteiger partial charge in [-0.1, -0.05) is 6.07 Å². The molecule has 0 aliphatic heterocycles. The molecule has 0 saturated heterocycles. The van der Waals surface area contributed by atoms with Crippen molar-refractivity contribution in [2.24, 2.45) is 0 Å². The van der Waals surface area contributed by atoms with Crippen molar-refractivity contribution < 1.29 is 31.1 Å². The van der Waals surface area contributed by atoms with E-state index >= 15 is 0 Å². The van der Waals surface area contributed by atoms with Gasteiger partial charge in [-0.15, -0.1) is 0 Å². The fraction of sp³-hybridized carbons (Fsp3) is 0.364. The van der Waals surface area contributed by atoms with Gasteiger partial charge in [-0.05, 0) is 18.2 Å². The third-order valence-corrected chi connectivity index (χ3v) is 2.13. The van der Waals surface area contributed by atoms with Gasteiger partial charge in [0.2, 0.25) is 5.91 Å². The summed E-state index contributed by atoms with van der Waals surface area (Å²) >= 11 is 0. The van der Waals surface area contributed by atoms with Crippen LogP contribution in [-0.2, 0) is 11.0 Å². The van der Waals surface area contributed by atoms with Crippen LogP contribution in [0.4, 0.5) is 32.0 Å². The highest BCUT2D eigenvalue weighted by molar-refractivity contribution is 5.80. The lowest BCUT2D eigenvalue weighted by atomic mass is 10.2. The molecule has 0 unspecified atom stereocenters. The Balaban J connectivity index is 2.52. The molecule has 1 aromatic carbocycles. The third kappa shape index (κ3) is 5.81. The van der Waals surface area contributed by atoms with E-state index in [1.54, 1.807) is 5.32 Å². The minimum atomic E-state index is -4.54. The van der Waals surface area contributed by atoms with E-state index in [1.807, 2.05) is 0 Å². The SMILES string of the molecule is O=C(CNc1cccc(C(F)(F)F)c1)NCC(F)(F)F. The molecule has 112 valence electrons. The van der Waals surface area contributed by atoms with Crippen molar-refractivity contribution in [3.05, 3.63) is 29.8 Å². The van der Waals surface area contributed by atoms with Crippen LogP contribution in [0.15, 0.2) is 24.3 Å². The minimum absolute atomic E-state index is 0.0121. The molecule has 0 fully saturated rings. The summed E-state index contributed by atoms with van der Waals surface area (Å²) in [6.07, 6.45) is -9.07. The second-order valence-electron chi connectivity index (χ2n) is 3.82. The van der Waals surface area contributed by atoms with Crippen molar-refractivity contribution in [3.8, 4) is 0 Å². The molecule has 0 saturated carbocycles. The van der Waals surface area contributed by atoms with Gasteiger partial charge in [-0.25, -0.2) is 0 Å². The molecule has 0 aromatic heterocycles. The van der Waals surface area contributed by atoms with Crippen LogP contribution in [0.5, 0.6) is 0 Å². The maximum atomic E-state index is 12.4. The lowest BCUT2D eigenvalue weighted by Crippen LogP contribution is -2.37. The highest BCUT2D eigenvalue weighted by Crippen LogP contribution is 2.30. The van der Waals surface area contributed by atoms with Crippen molar-refractivity contribution >= 4 is 11.6 Å². The Hall–Kier alpha value is -1.93. The number of rotatable bonds is 4. The van der Waals surface area contributed by atoms with E-state index in [-0.39, 0.29) is 5.69 Å². The number of hydrogen-bond acceptors (Lipinski definition) is 2. The Bertz CT molecular complexity index is 469. The first-order valence-electron chi connectivity index (χ1n) is 5.32. The molecule has 0 radical (unpaired) electrons. The lowest BCUT2D eigenvalue weighted by molar-refractivity contribution is -0.137. The van der Waals surface area contributed by atoms with E-state index in [0.29, 0.717) is 0 Å². The molecule has 20 heavy (non-hydrogen) atoms. The summed E-state index contributed by atoms with van der Waals surface area (Å²) in [4.78, 5) is 11.0. The van der Waals surface area contributed by atoms with Crippen molar-refractivity contribution in [1.82, 2.24) is 5.32 Å². The second kappa shape index (κ2) is 6.02. The van der Waals surface area contributed by atoms with Crippen LogP contribution < -0.4 is 10.6 Å². The zero-order valence-corrected chi connectivity index (χ0v) is 9.90. The van der Waals surface area contributed by atoms with Crippen LogP contribution in [0.3, 0.4) is 0 Å². The summed E-state index contributed by atoms with van der Waals surface area (Å²) in [6, 6.07) is 4.00. The van der Waals surface area contributed by atoms with Gasteiger partial charge >= 0.3 is 12.4 Å². The first-order valence-corrected chi connectivity index (χ1v) is 5.32. The Kier molecular flexibility index (Phi) is 4.85. The Morgan fingerprint density at radius 1 is 1.10 bits per heavy atom. The molecular weight excluding hydrogens is 290 g/mol. The molecule has 0 bridgehead atoms. The van der Waals surface area contributed by atoms with E-state index < -0.39 is 36.9 Å². The van der Waals surface area contributed by atoms with E-state index in [4.69, 9.17) is 0 Å². The number of alkyl halides is 6. The smallest absolute Gasteiger partial charge is 0.376 e. The summed E-state index contributed by atoms with van der Waals surface area (Å²) in [7, 11) is 0. The van der Waals surface area contributed by atoms with Crippen LogP contribution in [0.1, 0.15) is 5.56 Å². The van der Waals surface area contributed by atoms with Crippen LogP contribution >= 0.6 is 0 Å². The van der Waals surface area contributed by atoms with Crippen molar-refractivity contribution in [2.75, 3.05) is 18.4 Å². The Labute approximate surface area is 110 Å². The quantitative estimate of drug-likeness (QED) is 0.840. The van der Waals surface area contributed by atoms with Gasteiger partial charge in [0.25, 0.3) is 0 Å². The zero-order valence-electron chi connectivity index (χ0n) is 9.90. The topological polar surface area (TPSA) is 41.1 Å². The summed E-state index contributed by atoms with van der Waals surface area (Å²) in [5.41, 5.74) is -0.930. The average Bonchev–Trinajstić information content (AvgIpc) is 2.32. The van der Waals surface area contributed by atoms with Crippen molar-refractivity contribution in [1.29, 1.82) is 0 Å². The highest BCUT2D eigenvalue weighted by Gasteiger charge is 2.30.